The Labute approximate surface area is 116 Å². The number of nitro groups is 1. The second-order valence-electron chi connectivity index (χ2n) is 4.53. The molecule has 2 atom stereocenters. The van der Waals surface area contributed by atoms with Crippen LogP contribution in [0.3, 0.4) is 0 Å². The smallest absolute Gasteiger partial charge is 0.310 e. The quantitative estimate of drug-likeness (QED) is 0.576. The molecule has 0 heterocycles. The third-order valence-corrected chi connectivity index (χ3v) is 2.95. The highest BCUT2D eigenvalue weighted by atomic mass is 16.6. The number of amides is 1. The summed E-state index contributed by atoms with van der Waals surface area (Å²) < 4.78 is 5.16. The van der Waals surface area contributed by atoms with Crippen molar-refractivity contribution in [2.75, 3.05) is 13.2 Å². The van der Waals surface area contributed by atoms with E-state index in [1.807, 2.05) is 0 Å². The number of hydrogen-bond acceptors (Lipinski definition) is 5. The fraction of sp³-hybridized carbons (Fsp3) is 0.462. The Balaban J connectivity index is 2.55. The number of carbonyl (C=O) groups is 1. The highest BCUT2D eigenvalue weighted by Crippen LogP contribution is 2.25. The van der Waals surface area contributed by atoms with Gasteiger partial charge in [-0.1, -0.05) is 19.1 Å². The molecule has 0 aromatic heterocycles. The predicted octanol–water partition coefficient (Wildman–Crippen LogP) is 1.11. The molecule has 0 fully saturated rings. The first-order valence-corrected chi connectivity index (χ1v) is 6.22. The molecule has 110 valence electrons. The van der Waals surface area contributed by atoms with Crippen molar-refractivity contribution in [1.29, 1.82) is 0 Å². The third kappa shape index (κ3) is 4.51. The summed E-state index contributed by atoms with van der Waals surface area (Å²) in [6.07, 6.45) is 0. The van der Waals surface area contributed by atoms with Crippen LogP contribution in [0.4, 0.5) is 5.69 Å². The first kappa shape index (κ1) is 15.9. The summed E-state index contributed by atoms with van der Waals surface area (Å²) in [5, 5.41) is 22.4. The fourth-order valence-corrected chi connectivity index (χ4v) is 1.47. The maximum absolute atomic E-state index is 11.6. The molecule has 7 heteroatoms. The summed E-state index contributed by atoms with van der Waals surface area (Å²) in [4.78, 5) is 21.8. The molecule has 0 aliphatic rings. The minimum atomic E-state index is -0.566. The summed E-state index contributed by atoms with van der Waals surface area (Å²) in [5.74, 6) is -0.420. The molecule has 0 saturated carbocycles. The molecule has 0 saturated heterocycles. The van der Waals surface area contributed by atoms with Crippen LogP contribution in [0, 0.1) is 16.0 Å². The normalized spacial score (nSPS) is 13.3. The van der Waals surface area contributed by atoms with E-state index >= 15 is 0 Å². The zero-order valence-corrected chi connectivity index (χ0v) is 11.4. The molecule has 20 heavy (non-hydrogen) atoms. The van der Waals surface area contributed by atoms with Gasteiger partial charge in [-0.15, -0.1) is 0 Å². The highest BCUT2D eigenvalue weighted by Gasteiger charge is 2.17. The lowest BCUT2D eigenvalue weighted by Gasteiger charge is -2.19. The zero-order chi connectivity index (χ0) is 15.1. The Morgan fingerprint density at radius 1 is 1.45 bits per heavy atom. The zero-order valence-electron chi connectivity index (χ0n) is 11.4. The lowest BCUT2D eigenvalue weighted by Crippen LogP contribution is -2.40. The van der Waals surface area contributed by atoms with Crippen molar-refractivity contribution in [3.8, 4) is 5.75 Å². The van der Waals surface area contributed by atoms with Crippen molar-refractivity contribution in [2.45, 2.75) is 19.9 Å². The summed E-state index contributed by atoms with van der Waals surface area (Å²) in [7, 11) is 0. The fourth-order valence-electron chi connectivity index (χ4n) is 1.47. The molecular formula is C13H18N2O5. The van der Waals surface area contributed by atoms with Gasteiger partial charge >= 0.3 is 5.69 Å². The summed E-state index contributed by atoms with van der Waals surface area (Å²) in [5.41, 5.74) is -0.183. The summed E-state index contributed by atoms with van der Waals surface area (Å²) in [6.45, 7) is 3.22. The van der Waals surface area contributed by atoms with Gasteiger partial charge in [-0.3, -0.25) is 14.9 Å². The van der Waals surface area contributed by atoms with Crippen molar-refractivity contribution < 1.29 is 19.6 Å². The second-order valence-corrected chi connectivity index (χ2v) is 4.53. The van der Waals surface area contributed by atoms with Crippen LogP contribution in [0.2, 0.25) is 0 Å². The van der Waals surface area contributed by atoms with Crippen LogP contribution in [0.15, 0.2) is 24.3 Å². The number of rotatable bonds is 7. The number of benzene rings is 1. The molecule has 0 aliphatic carbocycles. The summed E-state index contributed by atoms with van der Waals surface area (Å²) in [6, 6.07) is 5.66. The van der Waals surface area contributed by atoms with Crippen LogP contribution in [-0.2, 0) is 4.79 Å². The van der Waals surface area contributed by atoms with Crippen LogP contribution in [0.5, 0.6) is 5.75 Å². The van der Waals surface area contributed by atoms with E-state index in [1.165, 1.54) is 18.2 Å². The second kappa shape index (κ2) is 7.44. The largest absolute Gasteiger partial charge is 0.477 e. The van der Waals surface area contributed by atoms with Gasteiger partial charge in [0.15, 0.2) is 12.4 Å². The van der Waals surface area contributed by atoms with Gasteiger partial charge in [0.25, 0.3) is 5.91 Å². The Kier molecular flexibility index (Phi) is 5.92. The number of aliphatic hydroxyl groups excluding tert-OH is 1. The van der Waals surface area contributed by atoms with Gasteiger partial charge in [0, 0.05) is 18.7 Å². The van der Waals surface area contributed by atoms with Gasteiger partial charge in [0.1, 0.15) is 0 Å². The summed E-state index contributed by atoms with van der Waals surface area (Å²) >= 11 is 0. The van der Waals surface area contributed by atoms with E-state index in [1.54, 1.807) is 19.9 Å². The van der Waals surface area contributed by atoms with Gasteiger partial charge in [-0.2, -0.15) is 0 Å². The average Bonchev–Trinajstić information content (AvgIpc) is 2.44. The highest BCUT2D eigenvalue weighted by molar-refractivity contribution is 5.78. The monoisotopic (exact) mass is 282 g/mol. The number of nitrogens with one attached hydrogen (secondary N) is 1. The first-order chi connectivity index (χ1) is 9.45. The number of ether oxygens (including phenoxy) is 1. The van der Waals surface area contributed by atoms with E-state index < -0.39 is 10.8 Å². The van der Waals surface area contributed by atoms with Crippen LogP contribution in [0.25, 0.3) is 0 Å². The molecule has 2 unspecified atom stereocenters. The van der Waals surface area contributed by atoms with E-state index in [0.29, 0.717) is 0 Å². The van der Waals surface area contributed by atoms with Gasteiger partial charge < -0.3 is 15.2 Å². The Morgan fingerprint density at radius 2 is 2.10 bits per heavy atom. The molecule has 1 aromatic carbocycles. The number of nitrogens with zero attached hydrogens (tertiary/aromatic N) is 1. The number of carbonyl (C=O) groups excluding carboxylic acids is 1. The van der Waals surface area contributed by atoms with E-state index in [4.69, 9.17) is 9.84 Å². The molecule has 0 spiro atoms. The molecule has 7 nitrogen and oxygen atoms in total. The van der Waals surface area contributed by atoms with Crippen LogP contribution >= 0.6 is 0 Å². The molecule has 2 N–H and O–H groups in total. The first-order valence-electron chi connectivity index (χ1n) is 6.22. The van der Waals surface area contributed by atoms with Gasteiger partial charge in [-0.05, 0) is 18.9 Å². The van der Waals surface area contributed by atoms with Gasteiger partial charge in [0.2, 0.25) is 0 Å². The number of hydrogen-bond donors (Lipinski definition) is 2. The number of aliphatic hydroxyl groups is 1. The van der Waals surface area contributed by atoms with Crippen molar-refractivity contribution in [3.05, 3.63) is 34.4 Å². The minimum Gasteiger partial charge on any atom is -0.477 e. The molecule has 1 amide bonds. The number of para-hydroxylation sites is 2. The van der Waals surface area contributed by atoms with E-state index in [9.17, 15) is 14.9 Å². The average molecular weight is 282 g/mol. The predicted molar refractivity (Wildman–Crippen MR) is 72.4 cm³/mol. The maximum Gasteiger partial charge on any atom is 0.310 e. The topological polar surface area (TPSA) is 102 Å². The Bertz CT molecular complexity index is 478. The Morgan fingerprint density at radius 3 is 2.70 bits per heavy atom. The molecule has 0 bridgehead atoms. The van der Waals surface area contributed by atoms with Gasteiger partial charge in [-0.25, -0.2) is 0 Å². The Hall–Kier alpha value is -2.15. The van der Waals surface area contributed by atoms with Crippen LogP contribution in [0.1, 0.15) is 13.8 Å². The van der Waals surface area contributed by atoms with Crippen molar-refractivity contribution in [3.63, 3.8) is 0 Å². The molecule has 0 radical (unpaired) electrons. The van der Waals surface area contributed by atoms with Crippen molar-refractivity contribution >= 4 is 11.6 Å². The van der Waals surface area contributed by atoms with Gasteiger partial charge in [0.05, 0.1) is 4.92 Å². The molecule has 1 aromatic rings. The lowest BCUT2D eigenvalue weighted by atomic mass is 10.1. The molecule has 0 aliphatic heterocycles. The van der Waals surface area contributed by atoms with Crippen molar-refractivity contribution in [2.24, 2.45) is 5.92 Å². The van der Waals surface area contributed by atoms with Crippen LogP contribution < -0.4 is 10.1 Å². The lowest BCUT2D eigenvalue weighted by molar-refractivity contribution is -0.385. The molecular weight excluding hydrogens is 264 g/mol. The standard InChI is InChI=1S/C13H18N2O5/c1-9(7-16)10(2)14-13(17)8-20-12-6-4-3-5-11(12)15(18)19/h3-6,9-10,16H,7-8H2,1-2H3,(H,14,17). The van der Waals surface area contributed by atoms with E-state index in [-0.39, 0.29) is 36.6 Å². The third-order valence-electron chi connectivity index (χ3n) is 2.95. The maximum atomic E-state index is 11.6. The minimum absolute atomic E-state index is 0.0353. The molecule has 1 rings (SSSR count). The number of nitro benzene ring substituents is 1. The van der Waals surface area contributed by atoms with E-state index in [2.05, 4.69) is 5.32 Å². The van der Waals surface area contributed by atoms with Crippen molar-refractivity contribution in [1.82, 2.24) is 5.32 Å². The van der Waals surface area contributed by atoms with Crippen LogP contribution in [-0.4, -0.2) is 35.2 Å². The SMILES string of the molecule is CC(CO)C(C)NC(=O)COc1ccccc1[N+](=O)[O-]. The van der Waals surface area contributed by atoms with E-state index in [0.717, 1.165) is 0 Å².